The molecule has 0 amide bonds. The van der Waals surface area contributed by atoms with Gasteiger partial charge in [0.15, 0.2) is 11.6 Å². The Morgan fingerprint density at radius 1 is 1.39 bits per heavy atom. The van der Waals surface area contributed by atoms with E-state index >= 15 is 0 Å². The molecule has 0 bridgehead atoms. The fourth-order valence-electron chi connectivity index (χ4n) is 2.92. The van der Waals surface area contributed by atoms with Crippen LogP contribution in [0.15, 0.2) is 18.5 Å². The maximum absolute atomic E-state index is 13.5. The molecule has 1 aromatic heterocycles. The van der Waals surface area contributed by atoms with Gasteiger partial charge in [0.2, 0.25) is 0 Å². The summed E-state index contributed by atoms with van der Waals surface area (Å²) < 4.78 is 13.5. The van der Waals surface area contributed by atoms with Gasteiger partial charge in [-0.2, -0.15) is 0 Å². The van der Waals surface area contributed by atoms with Crippen molar-refractivity contribution in [3.8, 4) is 0 Å². The zero-order valence-corrected chi connectivity index (χ0v) is 10.9. The van der Waals surface area contributed by atoms with Crippen molar-refractivity contribution in [3.05, 3.63) is 29.8 Å². The second-order valence-electron chi connectivity index (χ2n) is 5.23. The standard InChI is InChI=1S/C15H20FNO/c1-2-3-11-4-6-12(7-5-11)15(18)13-8-9-17-10-14(13)16/h8-12H,2-7H2,1H3. The summed E-state index contributed by atoms with van der Waals surface area (Å²) >= 11 is 0. The molecule has 3 heteroatoms. The predicted octanol–water partition coefficient (Wildman–Crippen LogP) is 4.01. The maximum atomic E-state index is 13.5. The molecule has 1 aromatic rings. The lowest BCUT2D eigenvalue weighted by Gasteiger charge is -2.27. The Balaban J connectivity index is 1.98. The third-order valence-corrected chi connectivity index (χ3v) is 3.95. The average Bonchev–Trinajstić information content (AvgIpc) is 2.40. The van der Waals surface area contributed by atoms with Crippen LogP contribution >= 0.6 is 0 Å². The first-order valence-electron chi connectivity index (χ1n) is 6.86. The van der Waals surface area contributed by atoms with E-state index in [-0.39, 0.29) is 17.3 Å². The zero-order valence-electron chi connectivity index (χ0n) is 10.9. The number of Topliss-reactive ketones (excluding diaryl/α,β-unsaturated/α-hetero) is 1. The minimum Gasteiger partial charge on any atom is -0.294 e. The number of rotatable bonds is 4. The Labute approximate surface area is 108 Å². The van der Waals surface area contributed by atoms with E-state index in [1.807, 2.05) is 0 Å². The van der Waals surface area contributed by atoms with E-state index < -0.39 is 5.82 Å². The molecule has 0 atom stereocenters. The van der Waals surface area contributed by atoms with Crippen molar-refractivity contribution in [2.45, 2.75) is 45.4 Å². The molecule has 0 radical (unpaired) electrons. The number of ketones is 1. The van der Waals surface area contributed by atoms with Gasteiger partial charge in [-0.05, 0) is 37.7 Å². The van der Waals surface area contributed by atoms with Crippen molar-refractivity contribution >= 4 is 5.78 Å². The molecule has 0 spiro atoms. The van der Waals surface area contributed by atoms with E-state index in [2.05, 4.69) is 11.9 Å². The van der Waals surface area contributed by atoms with Gasteiger partial charge in [-0.15, -0.1) is 0 Å². The Hall–Kier alpha value is -1.25. The first-order chi connectivity index (χ1) is 8.72. The average molecular weight is 249 g/mol. The highest BCUT2D eigenvalue weighted by Crippen LogP contribution is 2.33. The molecule has 18 heavy (non-hydrogen) atoms. The minimum absolute atomic E-state index is 0.00926. The summed E-state index contributed by atoms with van der Waals surface area (Å²) in [7, 11) is 0. The molecule has 1 fully saturated rings. The number of carbonyl (C=O) groups excluding carboxylic acids is 1. The SMILES string of the molecule is CCCC1CCC(C(=O)c2ccncc2F)CC1. The fraction of sp³-hybridized carbons (Fsp3) is 0.600. The van der Waals surface area contributed by atoms with Gasteiger partial charge in [-0.25, -0.2) is 4.39 Å². The van der Waals surface area contributed by atoms with Gasteiger partial charge in [0.05, 0.1) is 11.8 Å². The van der Waals surface area contributed by atoms with E-state index in [0.717, 1.165) is 37.8 Å². The topological polar surface area (TPSA) is 30.0 Å². The number of carbonyl (C=O) groups is 1. The number of halogens is 1. The van der Waals surface area contributed by atoms with Gasteiger partial charge < -0.3 is 0 Å². The lowest BCUT2D eigenvalue weighted by Crippen LogP contribution is -2.22. The molecule has 0 saturated heterocycles. The van der Waals surface area contributed by atoms with Gasteiger partial charge in [0.1, 0.15) is 0 Å². The Kier molecular flexibility index (Phi) is 4.45. The van der Waals surface area contributed by atoms with Crippen LogP contribution < -0.4 is 0 Å². The molecule has 1 heterocycles. The monoisotopic (exact) mass is 249 g/mol. The molecule has 0 N–H and O–H groups in total. The number of aromatic nitrogens is 1. The van der Waals surface area contributed by atoms with E-state index in [0.29, 0.717) is 0 Å². The molecule has 0 unspecified atom stereocenters. The molecule has 98 valence electrons. The molecule has 0 aromatic carbocycles. The van der Waals surface area contributed by atoms with Crippen LogP contribution in [0.2, 0.25) is 0 Å². The lowest BCUT2D eigenvalue weighted by molar-refractivity contribution is 0.0865. The maximum Gasteiger partial charge on any atom is 0.168 e. The van der Waals surface area contributed by atoms with Crippen molar-refractivity contribution in [1.29, 1.82) is 0 Å². The quantitative estimate of drug-likeness (QED) is 0.755. The molecule has 1 aliphatic carbocycles. The minimum atomic E-state index is -0.488. The summed E-state index contributed by atoms with van der Waals surface area (Å²) in [5.41, 5.74) is 0.212. The Morgan fingerprint density at radius 2 is 2.11 bits per heavy atom. The first kappa shape index (κ1) is 13.2. The van der Waals surface area contributed by atoms with Crippen molar-refractivity contribution in [2.75, 3.05) is 0 Å². The van der Waals surface area contributed by atoms with Crippen LogP contribution in [0.4, 0.5) is 4.39 Å². The third-order valence-electron chi connectivity index (χ3n) is 3.95. The van der Waals surface area contributed by atoms with E-state index in [1.165, 1.54) is 25.1 Å². The molecule has 1 aliphatic rings. The first-order valence-corrected chi connectivity index (χ1v) is 6.86. The molecule has 2 rings (SSSR count). The summed E-state index contributed by atoms with van der Waals surface area (Å²) in [5, 5.41) is 0. The highest BCUT2D eigenvalue weighted by atomic mass is 19.1. The van der Waals surface area contributed by atoms with Crippen molar-refractivity contribution in [3.63, 3.8) is 0 Å². The van der Waals surface area contributed by atoms with Gasteiger partial charge in [-0.1, -0.05) is 19.8 Å². The van der Waals surface area contributed by atoms with Crippen LogP contribution in [0, 0.1) is 17.7 Å². The highest BCUT2D eigenvalue weighted by Gasteiger charge is 2.27. The third kappa shape index (κ3) is 2.95. The summed E-state index contributed by atoms with van der Waals surface area (Å²) in [4.78, 5) is 15.9. The van der Waals surface area contributed by atoms with Gasteiger partial charge in [0.25, 0.3) is 0 Å². The summed E-state index contributed by atoms with van der Waals surface area (Å²) in [6.07, 6.45) is 9.10. The second kappa shape index (κ2) is 6.07. The van der Waals surface area contributed by atoms with Crippen molar-refractivity contribution < 1.29 is 9.18 Å². The van der Waals surface area contributed by atoms with Crippen LogP contribution in [0.25, 0.3) is 0 Å². The summed E-state index contributed by atoms with van der Waals surface area (Å²) in [5.74, 6) is 0.249. The molecular weight excluding hydrogens is 229 g/mol. The van der Waals surface area contributed by atoms with Crippen LogP contribution in [0.1, 0.15) is 55.8 Å². The smallest absolute Gasteiger partial charge is 0.168 e. The number of nitrogens with zero attached hydrogens (tertiary/aromatic N) is 1. The van der Waals surface area contributed by atoms with E-state index in [1.54, 1.807) is 0 Å². The van der Waals surface area contributed by atoms with Gasteiger partial charge in [-0.3, -0.25) is 9.78 Å². The molecule has 1 saturated carbocycles. The van der Waals surface area contributed by atoms with Crippen LogP contribution in [0.3, 0.4) is 0 Å². The number of hydrogen-bond donors (Lipinski definition) is 0. The van der Waals surface area contributed by atoms with Crippen molar-refractivity contribution in [2.24, 2.45) is 11.8 Å². The zero-order chi connectivity index (χ0) is 13.0. The Bertz CT molecular complexity index is 411. The van der Waals surface area contributed by atoms with Crippen molar-refractivity contribution in [1.82, 2.24) is 4.98 Å². The summed E-state index contributed by atoms with van der Waals surface area (Å²) in [6, 6.07) is 1.50. The summed E-state index contributed by atoms with van der Waals surface area (Å²) in [6.45, 7) is 2.20. The van der Waals surface area contributed by atoms with E-state index in [9.17, 15) is 9.18 Å². The van der Waals surface area contributed by atoms with E-state index in [4.69, 9.17) is 0 Å². The number of pyridine rings is 1. The van der Waals surface area contributed by atoms with Crippen LogP contribution in [-0.2, 0) is 0 Å². The largest absolute Gasteiger partial charge is 0.294 e. The second-order valence-corrected chi connectivity index (χ2v) is 5.23. The highest BCUT2D eigenvalue weighted by molar-refractivity contribution is 5.98. The molecule has 2 nitrogen and oxygen atoms in total. The normalized spacial score (nSPS) is 23.9. The predicted molar refractivity (Wildman–Crippen MR) is 68.9 cm³/mol. The fourth-order valence-corrected chi connectivity index (χ4v) is 2.92. The van der Waals surface area contributed by atoms with Gasteiger partial charge >= 0.3 is 0 Å². The van der Waals surface area contributed by atoms with Gasteiger partial charge in [0, 0.05) is 12.1 Å². The Morgan fingerprint density at radius 3 is 2.72 bits per heavy atom. The molecule has 0 aliphatic heterocycles. The van der Waals surface area contributed by atoms with Crippen LogP contribution in [0.5, 0.6) is 0 Å². The lowest BCUT2D eigenvalue weighted by atomic mass is 9.77. The molecular formula is C15H20FNO. The van der Waals surface area contributed by atoms with Crippen LogP contribution in [-0.4, -0.2) is 10.8 Å². The number of hydrogen-bond acceptors (Lipinski definition) is 2.